The van der Waals surface area contributed by atoms with Crippen LogP contribution >= 0.6 is 0 Å². The van der Waals surface area contributed by atoms with Crippen LogP contribution in [0.2, 0.25) is 0 Å². The number of aromatic amines is 1. The van der Waals surface area contributed by atoms with Gasteiger partial charge in [-0.15, -0.1) is 0 Å². The van der Waals surface area contributed by atoms with Gasteiger partial charge >= 0.3 is 6.09 Å². The Morgan fingerprint density at radius 3 is 3.00 bits per heavy atom. The first-order valence-corrected chi connectivity index (χ1v) is 4.26. The number of amides is 1. The third-order valence-electron chi connectivity index (χ3n) is 2.15. The molecular formula is C9H9N3O3. The molecule has 0 aromatic carbocycles. The van der Waals surface area contributed by atoms with Crippen LogP contribution in [0.3, 0.4) is 0 Å². The SMILES string of the molecule is Cn1cc(NC(=O)O)c2c(=O)[nH]ccc21. The summed E-state index contributed by atoms with van der Waals surface area (Å²) in [7, 11) is 1.74. The van der Waals surface area contributed by atoms with Gasteiger partial charge in [-0.25, -0.2) is 4.79 Å². The zero-order valence-corrected chi connectivity index (χ0v) is 7.94. The topological polar surface area (TPSA) is 87.1 Å². The van der Waals surface area contributed by atoms with Gasteiger partial charge in [-0.2, -0.15) is 0 Å². The van der Waals surface area contributed by atoms with Crippen molar-refractivity contribution in [2.75, 3.05) is 5.32 Å². The predicted octanol–water partition coefficient (Wildman–Crippen LogP) is 0.956. The van der Waals surface area contributed by atoms with Gasteiger partial charge in [0.1, 0.15) is 0 Å². The summed E-state index contributed by atoms with van der Waals surface area (Å²) in [4.78, 5) is 24.5. The molecule has 0 saturated heterocycles. The third-order valence-corrected chi connectivity index (χ3v) is 2.15. The second kappa shape index (κ2) is 3.16. The van der Waals surface area contributed by atoms with Crippen LogP contribution in [0.15, 0.2) is 23.3 Å². The molecule has 2 heterocycles. The Morgan fingerprint density at radius 2 is 2.33 bits per heavy atom. The van der Waals surface area contributed by atoms with Crippen molar-refractivity contribution in [1.29, 1.82) is 0 Å². The maximum Gasteiger partial charge on any atom is 0.409 e. The van der Waals surface area contributed by atoms with Crippen molar-refractivity contribution in [3.63, 3.8) is 0 Å². The fourth-order valence-electron chi connectivity index (χ4n) is 1.56. The predicted molar refractivity (Wildman–Crippen MR) is 55.2 cm³/mol. The standard InChI is InChI=1S/C9H9N3O3/c1-12-4-5(11-9(14)15)7-6(12)2-3-10-8(7)13/h2-4,11H,1H3,(H,10,13)(H,14,15). The van der Waals surface area contributed by atoms with E-state index in [1.807, 2.05) is 0 Å². The molecule has 0 aliphatic carbocycles. The van der Waals surface area contributed by atoms with E-state index in [-0.39, 0.29) is 5.56 Å². The molecule has 0 aliphatic rings. The molecule has 6 heteroatoms. The normalized spacial score (nSPS) is 10.5. The van der Waals surface area contributed by atoms with Gasteiger partial charge < -0.3 is 14.7 Å². The average Bonchev–Trinajstić information content (AvgIpc) is 2.44. The number of carboxylic acid groups (broad SMARTS) is 1. The summed E-state index contributed by atoms with van der Waals surface area (Å²) in [5, 5.41) is 11.1. The van der Waals surface area contributed by atoms with Crippen molar-refractivity contribution in [2.45, 2.75) is 0 Å². The number of hydrogen-bond donors (Lipinski definition) is 3. The summed E-state index contributed by atoms with van der Waals surface area (Å²) in [5.41, 5.74) is 0.668. The molecule has 2 aromatic heterocycles. The minimum Gasteiger partial charge on any atom is -0.465 e. The Bertz CT molecular complexity index is 582. The first-order chi connectivity index (χ1) is 7.09. The maximum absolute atomic E-state index is 11.5. The molecule has 15 heavy (non-hydrogen) atoms. The highest BCUT2D eigenvalue weighted by molar-refractivity contribution is 5.98. The number of anilines is 1. The van der Waals surface area contributed by atoms with E-state index >= 15 is 0 Å². The Balaban J connectivity index is 2.75. The van der Waals surface area contributed by atoms with Crippen LogP contribution in [-0.4, -0.2) is 20.8 Å². The minimum atomic E-state index is -1.19. The summed E-state index contributed by atoms with van der Waals surface area (Å²) in [6, 6.07) is 1.71. The van der Waals surface area contributed by atoms with E-state index in [1.54, 1.807) is 23.9 Å². The number of fused-ring (bicyclic) bond motifs is 1. The van der Waals surface area contributed by atoms with E-state index in [2.05, 4.69) is 10.3 Å². The maximum atomic E-state index is 11.5. The number of nitrogens with zero attached hydrogens (tertiary/aromatic N) is 1. The number of nitrogens with one attached hydrogen (secondary N) is 2. The van der Waals surface area contributed by atoms with E-state index in [1.165, 1.54) is 6.20 Å². The summed E-state index contributed by atoms with van der Waals surface area (Å²) < 4.78 is 1.69. The second-order valence-corrected chi connectivity index (χ2v) is 3.15. The van der Waals surface area contributed by atoms with Crippen LogP contribution < -0.4 is 10.9 Å². The number of aryl methyl sites for hydroxylation is 1. The highest BCUT2D eigenvalue weighted by Crippen LogP contribution is 2.20. The zero-order chi connectivity index (χ0) is 11.0. The van der Waals surface area contributed by atoms with Crippen LogP contribution in [0.4, 0.5) is 10.5 Å². The molecule has 2 aromatic rings. The van der Waals surface area contributed by atoms with Gasteiger partial charge in [0.25, 0.3) is 5.56 Å². The Labute approximate surface area is 84.1 Å². The molecule has 3 N–H and O–H groups in total. The molecule has 0 atom stereocenters. The third kappa shape index (κ3) is 1.45. The molecule has 0 fully saturated rings. The van der Waals surface area contributed by atoms with E-state index in [0.29, 0.717) is 16.6 Å². The van der Waals surface area contributed by atoms with Gasteiger partial charge in [0, 0.05) is 19.4 Å². The molecule has 0 saturated carbocycles. The Kier molecular flexibility index (Phi) is 1.96. The van der Waals surface area contributed by atoms with Gasteiger partial charge in [-0.3, -0.25) is 10.1 Å². The molecule has 6 nitrogen and oxygen atoms in total. The van der Waals surface area contributed by atoms with Crippen molar-refractivity contribution in [3.05, 3.63) is 28.8 Å². The molecule has 78 valence electrons. The zero-order valence-electron chi connectivity index (χ0n) is 7.94. The van der Waals surface area contributed by atoms with Crippen LogP contribution in [0.25, 0.3) is 10.9 Å². The highest BCUT2D eigenvalue weighted by atomic mass is 16.4. The first-order valence-electron chi connectivity index (χ1n) is 4.26. The fraction of sp³-hybridized carbons (Fsp3) is 0.111. The smallest absolute Gasteiger partial charge is 0.409 e. The van der Waals surface area contributed by atoms with Crippen molar-refractivity contribution in [1.82, 2.24) is 9.55 Å². The number of H-pyrrole nitrogens is 1. The summed E-state index contributed by atoms with van der Waals surface area (Å²) in [6.45, 7) is 0. The first kappa shape index (κ1) is 9.32. The molecule has 2 rings (SSSR count). The lowest BCUT2D eigenvalue weighted by Crippen LogP contribution is -2.10. The monoisotopic (exact) mass is 207 g/mol. The van der Waals surface area contributed by atoms with Gasteiger partial charge in [-0.1, -0.05) is 0 Å². The van der Waals surface area contributed by atoms with Crippen molar-refractivity contribution >= 4 is 22.7 Å². The second-order valence-electron chi connectivity index (χ2n) is 3.15. The molecule has 1 amide bonds. The number of carbonyl (C=O) groups is 1. The summed E-state index contributed by atoms with van der Waals surface area (Å²) in [5.74, 6) is 0. The van der Waals surface area contributed by atoms with Crippen LogP contribution in [0, 0.1) is 0 Å². The molecular weight excluding hydrogens is 198 g/mol. The van der Waals surface area contributed by atoms with Crippen molar-refractivity contribution < 1.29 is 9.90 Å². The van der Waals surface area contributed by atoms with Crippen LogP contribution in [0.1, 0.15) is 0 Å². The lowest BCUT2D eigenvalue weighted by molar-refractivity contribution is 0.210. The van der Waals surface area contributed by atoms with E-state index in [0.717, 1.165) is 0 Å². The fourth-order valence-corrected chi connectivity index (χ4v) is 1.56. The molecule has 0 unspecified atom stereocenters. The average molecular weight is 207 g/mol. The minimum absolute atomic E-state index is 0.293. The lowest BCUT2D eigenvalue weighted by Gasteiger charge is -1.95. The van der Waals surface area contributed by atoms with Crippen molar-refractivity contribution in [2.24, 2.45) is 7.05 Å². The number of rotatable bonds is 1. The largest absolute Gasteiger partial charge is 0.465 e. The van der Waals surface area contributed by atoms with E-state index in [4.69, 9.17) is 5.11 Å². The lowest BCUT2D eigenvalue weighted by atomic mass is 10.3. The van der Waals surface area contributed by atoms with Crippen LogP contribution in [0.5, 0.6) is 0 Å². The molecule has 0 aliphatic heterocycles. The van der Waals surface area contributed by atoms with E-state index < -0.39 is 6.09 Å². The number of hydrogen-bond acceptors (Lipinski definition) is 2. The van der Waals surface area contributed by atoms with Gasteiger partial charge in [0.15, 0.2) is 0 Å². The summed E-state index contributed by atoms with van der Waals surface area (Å²) in [6.07, 6.45) is 1.90. The highest BCUT2D eigenvalue weighted by Gasteiger charge is 2.11. The number of pyridine rings is 1. The Hall–Kier alpha value is -2.24. The Morgan fingerprint density at radius 1 is 1.60 bits per heavy atom. The van der Waals surface area contributed by atoms with Gasteiger partial charge in [0.2, 0.25) is 0 Å². The van der Waals surface area contributed by atoms with Gasteiger partial charge in [0.05, 0.1) is 16.6 Å². The summed E-state index contributed by atoms with van der Waals surface area (Å²) >= 11 is 0. The van der Waals surface area contributed by atoms with Gasteiger partial charge in [-0.05, 0) is 6.07 Å². The van der Waals surface area contributed by atoms with E-state index in [9.17, 15) is 9.59 Å². The number of aromatic nitrogens is 2. The molecule has 0 spiro atoms. The quantitative estimate of drug-likeness (QED) is 0.650. The molecule has 0 bridgehead atoms. The molecule has 0 radical (unpaired) electrons. The van der Waals surface area contributed by atoms with Crippen molar-refractivity contribution in [3.8, 4) is 0 Å². The van der Waals surface area contributed by atoms with Crippen LogP contribution in [-0.2, 0) is 7.05 Å².